The molecule has 0 atom stereocenters. The fourth-order valence-electron chi connectivity index (χ4n) is 6.01. The Balaban J connectivity index is 1.09. The largest absolute Gasteiger partial charge is 0.417 e. The molecule has 8 aromatic rings. The number of hydrogen-bond acceptors (Lipinski definition) is 7. The highest BCUT2D eigenvalue weighted by Crippen LogP contribution is 2.39. The molecule has 276 valence electrons. The van der Waals surface area contributed by atoms with Gasteiger partial charge in [0.1, 0.15) is 34.7 Å². The van der Waals surface area contributed by atoms with Gasteiger partial charge in [-0.2, -0.15) is 36.5 Å². The minimum Gasteiger partial charge on any atom is -0.240 e. The third-order valence-electron chi connectivity index (χ3n) is 8.53. The lowest BCUT2D eigenvalue weighted by Crippen LogP contribution is -2.06. The van der Waals surface area contributed by atoms with Crippen LogP contribution in [0.1, 0.15) is 22.8 Å². The Morgan fingerprint density at radius 3 is 1.29 bits per heavy atom. The van der Waals surface area contributed by atoms with Gasteiger partial charge < -0.3 is 0 Å². The molecule has 0 unspecified atom stereocenters. The molecule has 0 fully saturated rings. The lowest BCUT2D eigenvalue weighted by Gasteiger charge is -2.08. The average Bonchev–Trinajstić information content (AvgIpc) is 3.74. The van der Waals surface area contributed by atoms with E-state index in [4.69, 9.17) is 9.97 Å². The Hall–Kier alpha value is -6.23. The van der Waals surface area contributed by atoms with Crippen LogP contribution >= 0.6 is 11.8 Å². The molecule has 55 heavy (non-hydrogen) atoms. The maximum atomic E-state index is 13.8. The summed E-state index contributed by atoms with van der Waals surface area (Å²) in [7, 11) is 0. The maximum Gasteiger partial charge on any atom is 0.417 e. The van der Waals surface area contributed by atoms with Gasteiger partial charge in [-0.1, -0.05) is 0 Å². The van der Waals surface area contributed by atoms with Crippen molar-refractivity contribution in [2.24, 2.45) is 0 Å². The van der Waals surface area contributed by atoms with Crippen LogP contribution in [0.5, 0.6) is 0 Å². The molecule has 0 aliphatic carbocycles. The van der Waals surface area contributed by atoms with Gasteiger partial charge in [0.15, 0.2) is 0 Å². The van der Waals surface area contributed by atoms with Crippen LogP contribution in [0, 0.1) is 11.6 Å². The Labute approximate surface area is 309 Å². The van der Waals surface area contributed by atoms with Crippen molar-refractivity contribution < 1.29 is 35.1 Å². The van der Waals surface area contributed by atoms with Gasteiger partial charge in [0.2, 0.25) is 0 Å². The predicted molar refractivity (Wildman–Crippen MR) is 188 cm³/mol. The molecular formula is C38H22F8N8S. The van der Waals surface area contributed by atoms with Gasteiger partial charge in [-0.05, 0) is 84.9 Å². The van der Waals surface area contributed by atoms with Gasteiger partial charge in [0.05, 0.1) is 56.2 Å². The summed E-state index contributed by atoms with van der Waals surface area (Å²) in [6, 6.07) is 18.6. The van der Waals surface area contributed by atoms with E-state index in [-0.39, 0.29) is 11.5 Å². The molecule has 0 bridgehead atoms. The number of benzene rings is 2. The molecule has 0 N–H and O–H groups in total. The normalized spacial score (nSPS) is 12.2. The van der Waals surface area contributed by atoms with Crippen molar-refractivity contribution >= 4 is 22.8 Å². The van der Waals surface area contributed by atoms with Crippen LogP contribution in [0.25, 0.3) is 56.1 Å². The molecule has 6 heterocycles. The van der Waals surface area contributed by atoms with Gasteiger partial charge in [-0.25, -0.2) is 37.7 Å². The van der Waals surface area contributed by atoms with E-state index in [1.54, 1.807) is 12.1 Å². The van der Waals surface area contributed by atoms with E-state index < -0.39 is 35.1 Å². The summed E-state index contributed by atoms with van der Waals surface area (Å²) in [5, 5.41) is 8.85. The Bertz CT molecular complexity index is 2500. The van der Waals surface area contributed by atoms with Crippen LogP contribution < -0.4 is 0 Å². The van der Waals surface area contributed by atoms with Crippen molar-refractivity contribution in [3.63, 3.8) is 0 Å². The number of hydrogen-bond donors (Lipinski definition) is 0. The molecule has 8 nitrogen and oxygen atoms in total. The molecule has 0 radical (unpaired) electrons. The second-order valence-corrected chi connectivity index (χ2v) is 13.1. The highest BCUT2D eigenvalue weighted by Gasteiger charge is 2.33. The number of pyridine rings is 2. The first-order valence-corrected chi connectivity index (χ1v) is 17.4. The molecule has 8 rings (SSSR count). The van der Waals surface area contributed by atoms with Crippen LogP contribution in [-0.2, 0) is 23.9 Å². The zero-order chi connectivity index (χ0) is 38.5. The van der Waals surface area contributed by atoms with Crippen LogP contribution in [0.3, 0.4) is 0 Å². The van der Waals surface area contributed by atoms with E-state index in [2.05, 4.69) is 20.2 Å². The average molecular weight is 775 g/mol. The van der Waals surface area contributed by atoms with Crippen LogP contribution in [0.15, 0.2) is 110 Å². The monoisotopic (exact) mass is 774 g/mol. The molecule has 2 aromatic carbocycles. The minimum absolute atomic E-state index is 0.266. The van der Waals surface area contributed by atoms with E-state index in [9.17, 15) is 35.1 Å². The molecule has 0 saturated heterocycles. The second kappa shape index (κ2) is 13.9. The van der Waals surface area contributed by atoms with E-state index in [0.717, 1.165) is 33.6 Å². The fourth-order valence-corrected chi connectivity index (χ4v) is 6.75. The summed E-state index contributed by atoms with van der Waals surface area (Å²) in [5.74, 6) is 0.324. The molecule has 17 heteroatoms. The standard InChI is InChI=1S/C38H22F8N8S/c39-25-7-1-21(2-8-25)35-33(29-11-5-23(37(41,42)43)17-53(29)51-35)27-13-15-47-31(49-27)19-55-20-32-48-16-14-28(50-32)34-30-12-6-24(38(44,45)46)18-54(30)52-36(34)22-3-9-26(40)10-4-22/h1-18H,19-20H2. The highest BCUT2D eigenvalue weighted by atomic mass is 32.2. The van der Waals surface area contributed by atoms with Crippen LogP contribution in [0.2, 0.25) is 0 Å². The fraction of sp³-hybridized carbons (Fsp3) is 0.105. The van der Waals surface area contributed by atoms with Gasteiger partial charge >= 0.3 is 12.4 Å². The highest BCUT2D eigenvalue weighted by molar-refractivity contribution is 7.97. The minimum atomic E-state index is -4.60. The van der Waals surface area contributed by atoms with Crippen molar-refractivity contribution in [1.82, 2.24) is 39.2 Å². The van der Waals surface area contributed by atoms with Crippen molar-refractivity contribution in [3.8, 4) is 45.0 Å². The third kappa shape index (κ3) is 7.22. The van der Waals surface area contributed by atoms with Crippen molar-refractivity contribution in [1.29, 1.82) is 0 Å². The summed E-state index contributed by atoms with van der Waals surface area (Å²) in [4.78, 5) is 18.1. The second-order valence-electron chi connectivity index (χ2n) is 12.2. The Kier molecular flexibility index (Phi) is 9.03. The molecular weight excluding hydrogens is 753 g/mol. The Morgan fingerprint density at radius 2 is 0.909 bits per heavy atom. The van der Waals surface area contributed by atoms with Gasteiger partial charge in [0.25, 0.3) is 0 Å². The lowest BCUT2D eigenvalue weighted by atomic mass is 10.0. The quantitative estimate of drug-likeness (QED) is 0.142. The smallest absolute Gasteiger partial charge is 0.240 e. The van der Waals surface area contributed by atoms with Gasteiger partial charge in [-0.3, -0.25) is 0 Å². The molecule has 0 aliphatic heterocycles. The topological polar surface area (TPSA) is 86.2 Å². The molecule has 6 aromatic heterocycles. The Morgan fingerprint density at radius 1 is 0.509 bits per heavy atom. The summed E-state index contributed by atoms with van der Waals surface area (Å²) >= 11 is 1.37. The summed E-state index contributed by atoms with van der Waals surface area (Å²) in [5.41, 5.74) is 2.05. The first-order chi connectivity index (χ1) is 26.3. The predicted octanol–water partition coefficient (Wildman–Crippen LogP) is 9.98. The number of rotatable bonds is 8. The number of nitrogens with zero attached hydrogens (tertiary/aromatic N) is 8. The van der Waals surface area contributed by atoms with E-state index in [1.807, 2.05) is 0 Å². The van der Waals surface area contributed by atoms with E-state index >= 15 is 0 Å². The molecule has 0 saturated carbocycles. The molecule has 0 amide bonds. The van der Waals surface area contributed by atoms with Crippen LogP contribution in [-0.4, -0.2) is 39.2 Å². The number of alkyl halides is 6. The summed E-state index contributed by atoms with van der Waals surface area (Å²) < 4.78 is 111. The number of thioether (sulfide) groups is 1. The van der Waals surface area contributed by atoms with E-state index in [0.29, 0.717) is 67.7 Å². The van der Waals surface area contributed by atoms with Crippen LogP contribution in [0.4, 0.5) is 35.1 Å². The summed E-state index contributed by atoms with van der Waals surface area (Å²) in [6.07, 6.45) is -4.40. The number of halogens is 8. The third-order valence-corrected chi connectivity index (χ3v) is 9.46. The van der Waals surface area contributed by atoms with Gasteiger partial charge in [0, 0.05) is 35.9 Å². The number of aromatic nitrogens is 8. The SMILES string of the molecule is Fc1ccc(-c2nn3cc(C(F)(F)F)ccc3c2-c2ccnc(CSCc3nccc(-c4c(-c5ccc(F)cc5)nn5cc(C(F)(F)F)ccc45)n3)n2)cc1. The van der Waals surface area contributed by atoms with E-state index in [1.165, 1.54) is 84.8 Å². The van der Waals surface area contributed by atoms with Crippen molar-refractivity contribution in [2.75, 3.05) is 0 Å². The van der Waals surface area contributed by atoms with Crippen molar-refractivity contribution in [2.45, 2.75) is 23.9 Å². The lowest BCUT2D eigenvalue weighted by molar-refractivity contribution is -0.138. The van der Waals surface area contributed by atoms with Crippen molar-refractivity contribution in [3.05, 3.63) is 144 Å². The first kappa shape index (κ1) is 35.8. The first-order valence-electron chi connectivity index (χ1n) is 16.3. The maximum absolute atomic E-state index is 13.8. The molecule has 0 spiro atoms. The zero-order valence-corrected chi connectivity index (χ0v) is 28.6. The zero-order valence-electron chi connectivity index (χ0n) is 27.8. The summed E-state index contributed by atoms with van der Waals surface area (Å²) in [6.45, 7) is 0. The molecule has 0 aliphatic rings. The van der Waals surface area contributed by atoms with Gasteiger partial charge in [-0.15, -0.1) is 11.8 Å². The number of fused-ring (bicyclic) bond motifs is 2.